The van der Waals surface area contributed by atoms with E-state index >= 15 is 8.78 Å². The Morgan fingerprint density at radius 1 is 1.00 bits per heavy atom. The van der Waals surface area contributed by atoms with Crippen molar-refractivity contribution < 1.29 is 37.4 Å². The molecule has 3 atom stereocenters. The third-order valence-corrected chi connectivity index (χ3v) is 13.7. The molecule has 0 aliphatic carbocycles. The molecule has 342 valence electrons. The van der Waals surface area contributed by atoms with Gasteiger partial charge in [-0.25, -0.2) is 8.78 Å². The number of aromatic nitrogens is 2. The molecule has 2 fully saturated rings. The van der Waals surface area contributed by atoms with Crippen LogP contribution in [0.1, 0.15) is 104 Å². The third-order valence-electron chi connectivity index (χ3n) is 13.3. The molecule has 1 aromatic heterocycles. The van der Waals surface area contributed by atoms with E-state index in [0.29, 0.717) is 50.2 Å². The molecule has 0 radical (unpaired) electrons. The van der Waals surface area contributed by atoms with Gasteiger partial charge in [0.1, 0.15) is 11.6 Å². The Kier molecular flexibility index (Phi) is 13.4. The summed E-state index contributed by atoms with van der Waals surface area (Å²) in [6.45, 7) is 4.19. The number of methoxy groups -OCH3 is 1. The van der Waals surface area contributed by atoms with Crippen LogP contribution < -0.4 is 31.2 Å². The number of imide groups is 1. The van der Waals surface area contributed by atoms with Crippen molar-refractivity contribution >= 4 is 51.8 Å². The Morgan fingerprint density at radius 3 is 2.48 bits per heavy atom. The van der Waals surface area contributed by atoms with Crippen molar-refractivity contribution in [3.63, 3.8) is 0 Å². The number of rotatable bonds is 16. The number of fused-ring (bicyclic) bond motifs is 2. The van der Waals surface area contributed by atoms with Crippen molar-refractivity contribution in [2.75, 3.05) is 38.6 Å². The van der Waals surface area contributed by atoms with Gasteiger partial charge in [0.2, 0.25) is 23.6 Å². The van der Waals surface area contributed by atoms with E-state index in [0.717, 1.165) is 67.2 Å². The largest absolute Gasteiger partial charge is 0.494 e. The van der Waals surface area contributed by atoms with Crippen LogP contribution >= 0.6 is 11.6 Å². The lowest BCUT2D eigenvalue weighted by atomic mass is 9.77. The van der Waals surface area contributed by atoms with E-state index in [4.69, 9.17) is 26.8 Å². The number of halogens is 3. The molecular formula is C49H54ClF2N7O6. The topological polar surface area (TPSA) is 170 Å². The highest BCUT2D eigenvalue weighted by atomic mass is 35.5. The number of ether oxygens (including phenoxy) is 2. The molecule has 0 spiro atoms. The number of amides is 4. The molecule has 1 unspecified atom stereocenters. The van der Waals surface area contributed by atoms with Crippen molar-refractivity contribution in [3.8, 4) is 22.6 Å². The zero-order valence-electron chi connectivity index (χ0n) is 36.8. The molecule has 2 saturated heterocycles. The molecule has 8 rings (SSSR count). The fourth-order valence-electron chi connectivity index (χ4n) is 9.86. The van der Waals surface area contributed by atoms with Gasteiger partial charge in [-0.1, -0.05) is 73.8 Å². The van der Waals surface area contributed by atoms with Gasteiger partial charge < -0.3 is 30.7 Å². The summed E-state index contributed by atoms with van der Waals surface area (Å²) < 4.78 is 45.6. The standard InChI is InChI=1S/C49H54ClF2N7O6/c1-28-40-37(26-34(51)43(50)42(40)41-31(47(53)62)17-19-36(64-3)44(41)52)65-49(28,29-12-7-6-8-13-29)27-55-30-21-24-59(25-22-30)39(61)16-9-4-5-10-23-54-35-15-11-14-32-45(57-58(2)46(32)35)33-18-20-38(60)56-48(33)63/h6-8,11-15,17,19,26,28,30,33,54-55H,4-5,9-10,16,18,20-25,27H2,1-3H3,(H2,53,62)(H,56,60,63)/t28-,33?,49-/m0/s1. The number of para-hydroxylation sites is 1. The van der Waals surface area contributed by atoms with E-state index < -0.39 is 35.0 Å². The smallest absolute Gasteiger partial charge is 0.249 e. The van der Waals surface area contributed by atoms with Crippen LogP contribution in [0.15, 0.2) is 66.7 Å². The number of carbonyl (C=O) groups is 4. The number of carbonyl (C=O) groups excluding carboxylic acids is 4. The summed E-state index contributed by atoms with van der Waals surface area (Å²) in [5.41, 5.74) is 8.00. The van der Waals surface area contributed by atoms with Crippen LogP contribution in [-0.4, -0.2) is 77.6 Å². The van der Waals surface area contributed by atoms with Crippen LogP contribution in [0.5, 0.6) is 11.5 Å². The number of unbranched alkanes of at least 4 members (excludes halogenated alkanes) is 3. The van der Waals surface area contributed by atoms with Crippen molar-refractivity contribution in [3.05, 3.63) is 106 Å². The van der Waals surface area contributed by atoms with E-state index in [-0.39, 0.29) is 57.0 Å². The fourth-order valence-corrected chi connectivity index (χ4v) is 10.1. The lowest BCUT2D eigenvalue weighted by Gasteiger charge is -2.38. The average molecular weight is 910 g/mol. The van der Waals surface area contributed by atoms with Gasteiger partial charge in [0.05, 0.1) is 40.5 Å². The molecule has 16 heteroatoms. The normalized spacial score (nSPS) is 19.8. The Morgan fingerprint density at radius 2 is 1.75 bits per heavy atom. The zero-order valence-corrected chi connectivity index (χ0v) is 37.5. The molecule has 4 amide bonds. The van der Waals surface area contributed by atoms with Gasteiger partial charge in [0.25, 0.3) is 0 Å². The first kappa shape index (κ1) is 45.5. The van der Waals surface area contributed by atoms with Crippen LogP contribution in [0.25, 0.3) is 22.0 Å². The minimum atomic E-state index is -1.08. The molecule has 0 bridgehead atoms. The van der Waals surface area contributed by atoms with Crippen LogP contribution in [0.4, 0.5) is 14.5 Å². The second-order valence-corrected chi connectivity index (χ2v) is 17.6. The molecular weight excluding hydrogens is 856 g/mol. The molecule has 4 heterocycles. The Bertz CT molecular complexity index is 2640. The van der Waals surface area contributed by atoms with Gasteiger partial charge in [0.15, 0.2) is 17.2 Å². The highest BCUT2D eigenvalue weighted by Crippen LogP contribution is 2.56. The zero-order chi connectivity index (χ0) is 46.0. The quantitative estimate of drug-likeness (QED) is 0.0570. The maximum atomic E-state index is 16.2. The minimum absolute atomic E-state index is 0.0113. The van der Waals surface area contributed by atoms with Gasteiger partial charge in [-0.2, -0.15) is 5.10 Å². The number of nitrogens with two attached hydrogens (primary N) is 1. The van der Waals surface area contributed by atoms with E-state index in [2.05, 4.69) is 21.0 Å². The maximum absolute atomic E-state index is 16.2. The number of benzene rings is 4. The number of nitrogens with one attached hydrogen (secondary N) is 3. The summed E-state index contributed by atoms with van der Waals surface area (Å²) in [6, 6.07) is 19.4. The van der Waals surface area contributed by atoms with E-state index in [1.807, 2.05) is 67.4 Å². The monoisotopic (exact) mass is 909 g/mol. The first-order valence-corrected chi connectivity index (χ1v) is 22.7. The van der Waals surface area contributed by atoms with Gasteiger partial charge in [-0.3, -0.25) is 29.2 Å². The molecule has 65 heavy (non-hydrogen) atoms. The summed E-state index contributed by atoms with van der Waals surface area (Å²) in [5.74, 6) is -4.00. The Balaban J connectivity index is 0.846. The predicted molar refractivity (Wildman–Crippen MR) is 244 cm³/mol. The number of aryl methyl sites for hydroxylation is 1. The summed E-state index contributed by atoms with van der Waals surface area (Å²) in [5, 5.41) is 14.9. The molecule has 5 aromatic rings. The van der Waals surface area contributed by atoms with Gasteiger partial charge in [0, 0.05) is 86.2 Å². The summed E-state index contributed by atoms with van der Waals surface area (Å²) in [4.78, 5) is 52.2. The average Bonchev–Trinajstić information content (AvgIpc) is 3.79. The number of nitrogens with zero attached hydrogens (tertiary/aromatic N) is 3. The highest BCUT2D eigenvalue weighted by molar-refractivity contribution is 6.34. The minimum Gasteiger partial charge on any atom is -0.494 e. The van der Waals surface area contributed by atoms with Gasteiger partial charge in [-0.05, 0) is 55.9 Å². The first-order valence-electron chi connectivity index (χ1n) is 22.3. The third kappa shape index (κ3) is 8.87. The summed E-state index contributed by atoms with van der Waals surface area (Å²) in [7, 11) is 3.16. The number of hydrogen-bond donors (Lipinski definition) is 4. The summed E-state index contributed by atoms with van der Waals surface area (Å²) >= 11 is 6.67. The van der Waals surface area contributed by atoms with Crippen LogP contribution in [0.2, 0.25) is 5.02 Å². The van der Waals surface area contributed by atoms with Crippen molar-refractivity contribution in [2.24, 2.45) is 12.8 Å². The van der Waals surface area contributed by atoms with E-state index in [9.17, 15) is 19.2 Å². The maximum Gasteiger partial charge on any atom is 0.249 e. The number of likely N-dealkylation sites (tertiary alicyclic amines) is 1. The molecule has 5 N–H and O–H groups in total. The van der Waals surface area contributed by atoms with Crippen LogP contribution in [0, 0.1) is 11.6 Å². The fraction of sp³-hybridized carbons (Fsp3) is 0.408. The molecule has 3 aliphatic rings. The van der Waals surface area contributed by atoms with Crippen LogP contribution in [-0.2, 0) is 27.0 Å². The number of hydrogen-bond acceptors (Lipinski definition) is 9. The lowest BCUT2D eigenvalue weighted by Crippen LogP contribution is -2.50. The highest BCUT2D eigenvalue weighted by Gasteiger charge is 2.50. The van der Waals surface area contributed by atoms with E-state index in [1.54, 1.807) is 4.68 Å². The second kappa shape index (κ2) is 19.2. The van der Waals surface area contributed by atoms with Crippen molar-refractivity contribution in [1.29, 1.82) is 0 Å². The number of anilines is 1. The van der Waals surface area contributed by atoms with Crippen molar-refractivity contribution in [1.82, 2.24) is 25.3 Å². The Labute approximate surface area is 381 Å². The SMILES string of the molecule is COc1ccc(C(N)=O)c(-c2c(Cl)c(F)cc3c2[C@H](C)[C@@](CNC2CCN(C(=O)CCCCCCNc4cccc5c(C6CCC(=O)NC6=O)nn(C)c45)CC2)(c2ccccc2)O3)c1F. The summed E-state index contributed by atoms with van der Waals surface area (Å²) in [6.07, 6.45) is 6.28. The van der Waals surface area contributed by atoms with Gasteiger partial charge >= 0.3 is 0 Å². The molecule has 3 aliphatic heterocycles. The first-order chi connectivity index (χ1) is 31.3. The number of piperidine rings is 2. The van der Waals surface area contributed by atoms with Crippen molar-refractivity contribution in [2.45, 2.75) is 88.2 Å². The van der Waals surface area contributed by atoms with Crippen LogP contribution in [0.3, 0.4) is 0 Å². The molecule has 4 aromatic carbocycles. The second-order valence-electron chi connectivity index (χ2n) is 17.2. The van der Waals surface area contributed by atoms with E-state index in [1.165, 1.54) is 25.3 Å². The van der Waals surface area contributed by atoms with Gasteiger partial charge in [-0.15, -0.1) is 0 Å². The predicted octanol–water partition coefficient (Wildman–Crippen LogP) is 7.83. The Hall–Kier alpha value is -6.06. The lowest BCUT2D eigenvalue weighted by molar-refractivity contribution is -0.134. The molecule has 0 saturated carbocycles. The number of primary amides is 1. The molecule has 13 nitrogen and oxygen atoms in total.